The average Bonchev–Trinajstić information content (AvgIpc) is 3.41. The Hall–Kier alpha value is -3.48. The fraction of sp³-hybridized carbons (Fsp3) is 0.379. The van der Waals surface area contributed by atoms with E-state index in [4.69, 9.17) is 0 Å². The van der Waals surface area contributed by atoms with Crippen molar-refractivity contribution >= 4 is 43.9 Å². The van der Waals surface area contributed by atoms with E-state index >= 15 is 0 Å². The number of hydrogen-bond acceptors (Lipinski definition) is 8. The lowest BCUT2D eigenvalue weighted by Crippen LogP contribution is -2.38. The van der Waals surface area contributed by atoms with Crippen LogP contribution in [0.25, 0.3) is 10.9 Å². The molecule has 2 aromatic carbocycles. The van der Waals surface area contributed by atoms with Crippen molar-refractivity contribution in [3.8, 4) is 6.07 Å². The first-order chi connectivity index (χ1) is 18.3. The van der Waals surface area contributed by atoms with Crippen molar-refractivity contribution in [3.05, 3.63) is 69.6 Å². The van der Waals surface area contributed by atoms with Crippen molar-refractivity contribution in [1.29, 1.82) is 5.26 Å². The standard InChI is InChI=1S/C29H33BrN8/c1-29(2,3)16-34-26-17(13-31)14-33-27-22(26)11-18(12-23(27)30)35-28(25-15-38(37-36-25)19-7-8-19)21-5-4-6-24-20(21)9-10-32-24/h4-6,11-12,14-15,19,28,32,35-37H,7-10,16H2,1-3H3,(H,33,34)/t28-/m0/s1. The molecule has 0 radical (unpaired) electrons. The van der Waals surface area contributed by atoms with Gasteiger partial charge in [-0.25, -0.2) is 0 Å². The number of hydrazine groups is 2. The minimum Gasteiger partial charge on any atom is -0.384 e. The molecular weight excluding hydrogens is 540 g/mol. The molecule has 0 unspecified atom stereocenters. The van der Waals surface area contributed by atoms with E-state index in [0.717, 1.165) is 52.0 Å². The third-order valence-corrected chi connectivity index (χ3v) is 7.83. The highest BCUT2D eigenvalue weighted by atomic mass is 79.9. The average molecular weight is 574 g/mol. The van der Waals surface area contributed by atoms with Gasteiger partial charge in [-0.05, 0) is 69.9 Å². The Kier molecular flexibility index (Phi) is 6.33. The summed E-state index contributed by atoms with van der Waals surface area (Å²) >= 11 is 3.76. The van der Waals surface area contributed by atoms with Crippen molar-refractivity contribution in [2.75, 3.05) is 29.0 Å². The predicted octanol–water partition coefficient (Wildman–Crippen LogP) is 5.78. The van der Waals surface area contributed by atoms with Gasteiger partial charge in [-0.2, -0.15) is 5.26 Å². The van der Waals surface area contributed by atoms with Gasteiger partial charge in [-0.15, -0.1) is 5.53 Å². The van der Waals surface area contributed by atoms with Crippen molar-refractivity contribution in [2.24, 2.45) is 5.41 Å². The second-order valence-corrected chi connectivity index (χ2v) is 12.4. The van der Waals surface area contributed by atoms with Gasteiger partial charge in [0.1, 0.15) is 6.07 Å². The Bertz CT molecular complexity index is 1460. The van der Waals surface area contributed by atoms with E-state index in [-0.39, 0.29) is 11.5 Å². The molecule has 1 aromatic heterocycles. The number of rotatable bonds is 7. The van der Waals surface area contributed by atoms with E-state index in [1.54, 1.807) is 6.20 Å². The van der Waals surface area contributed by atoms with Crippen LogP contribution in [0.1, 0.15) is 56.3 Å². The van der Waals surface area contributed by atoms with Crippen LogP contribution in [0.4, 0.5) is 17.1 Å². The number of halogens is 1. The number of aromatic nitrogens is 1. The molecule has 0 saturated heterocycles. The zero-order chi connectivity index (χ0) is 26.4. The number of pyridine rings is 1. The molecule has 1 atom stereocenters. The SMILES string of the molecule is CC(C)(C)CNc1c(C#N)cnc2c(Br)cc(N[C@H](C3=CN(C4CC4)NN3)c3cccc4c3CCN4)cc12. The van der Waals surface area contributed by atoms with Crippen LogP contribution in [0, 0.1) is 16.7 Å². The molecule has 2 aliphatic heterocycles. The van der Waals surface area contributed by atoms with Crippen LogP contribution in [0.3, 0.4) is 0 Å². The third kappa shape index (κ3) is 4.86. The molecule has 3 aliphatic rings. The monoisotopic (exact) mass is 572 g/mol. The maximum atomic E-state index is 9.86. The molecule has 1 fully saturated rings. The van der Waals surface area contributed by atoms with Crippen LogP contribution < -0.4 is 26.9 Å². The molecule has 196 valence electrons. The van der Waals surface area contributed by atoms with Gasteiger partial charge >= 0.3 is 0 Å². The smallest absolute Gasteiger partial charge is 0.103 e. The van der Waals surface area contributed by atoms with E-state index in [1.165, 1.54) is 29.7 Å². The third-order valence-electron chi connectivity index (χ3n) is 7.22. The number of nitriles is 1. The summed E-state index contributed by atoms with van der Waals surface area (Å²) in [6, 6.07) is 13.4. The molecule has 38 heavy (non-hydrogen) atoms. The molecule has 1 aliphatic carbocycles. The van der Waals surface area contributed by atoms with Crippen LogP contribution in [0.5, 0.6) is 0 Å². The van der Waals surface area contributed by atoms with E-state index in [9.17, 15) is 5.26 Å². The Labute approximate surface area is 232 Å². The van der Waals surface area contributed by atoms with Crippen LogP contribution in [0.15, 0.2) is 52.9 Å². The van der Waals surface area contributed by atoms with Gasteiger partial charge in [0, 0.05) is 52.8 Å². The zero-order valence-electron chi connectivity index (χ0n) is 22.0. The Morgan fingerprint density at radius 3 is 2.87 bits per heavy atom. The fourth-order valence-electron chi connectivity index (χ4n) is 5.14. The molecular formula is C29H33BrN8. The maximum Gasteiger partial charge on any atom is 0.103 e. The topological polar surface area (TPSA) is 100 Å². The molecule has 0 spiro atoms. The van der Waals surface area contributed by atoms with Crippen molar-refractivity contribution in [2.45, 2.75) is 52.1 Å². The summed E-state index contributed by atoms with van der Waals surface area (Å²) in [6.45, 7) is 8.22. The summed E-state index contributed by atoms with van der Waals surface area (Å²) in [4.78, 5) is 4.61. The van der Waals surface area contributed by atoms with Crippen molar-refractivity contribution in [1.82, 2.24) is 21.0 Å². The first kappa shape index (κ1) is 24.8. The summed E-state index contributed by atoms with van der Waals surface area (Å²) in [6.07, 6.45) is 7.25. The molecule has 3 heterocycles. The van der Waals surface area contributed by atoms with Gasteiger partial charge < -0.3 is 21.4 Å². The summed E-state index contributed by atoms with van der Waals surface area (Å²) in [5.41, 5.74) is 14.8. The molecule has 9 heteroatoms. The van der Waals surface area contributed by atoms with E-state index in [2.05, 4.69) is 116 Å². The number of hydrogen-bond donors (Lipinski definition) is 5. The predicted molar refractivity (Wildman–Crippen MR) is 156 cm³/mol. The van der Waals surface area contributed by atoms with Crippen molar-refractivity contribution < 1.29 is 0 Å². The minimum absolute atomic E-state index is 0.0588. The maximum absolute atomic E-state index is 9.86. The Morgan fingerprint density at radius 1 is 1.26 bits per heavy atom. The molecule has 1 saturated carbocycles. The molecule has 0 bridgehead atoms. The van der Waals surface area contributed by atoms with Gasteiger partial charge in [-0.3, -0.25) is 9.99 Å². The van der Waals surface area contributed by atoms with Gasteiger partial charge in [0.15, 0.2) is 0 Å². The lowest BCUT2D eigenvalue weighted by Gasteiger charge is -2.25. The van der Waals surface area contributed by atoms with E-state index < -0.39 is 0 Å². The molecule has 8 nitrogen and oxygen atoms in total. The second kappa shape index (κ2) is 9.68. The first-order valence-electron chi connectivity index (χ1n) is 13.2. The molecule has 6 rings (SSSR count). The van der Waals surface area contributed by atoms with Gasteiger partial charge in [0.2, 0.25) is 0 Å². The Morgan fingerprint density at radius 2 is 2.11 bits per heavy atom. The summed E-state index contributed by atoms with van der Waals surface area (Å²) in [7, 11) is 0. The highest BCUT2D eigenvalue weighted by Gasteiger charge is 2.33. The van der Waals surface area contributed by atoms with Crippen LogP contribution in [-0.2, 0) is 6.42 Å². The fourth-order valence-corrected chi connectivity index (χ4v) is 5.71. The largest absolute Gasteiger partial charge is 0.384 e. The van der Waals surface area contributed by atoms with E-state index in [0.29, 0.717) is 11.6 Å². The molecule has 3 aromatic rings. The normalized spacial score (nSPS) is 17.3. The highest BCUT2D eigenvalue weighted by molar-refractivity contribution is 9.10. The Balaban J connectivity index is 1.43. The minimum atomic E-state index is -0.0939. The van der Waals surface area contributed by atoms with Gasteiger partial charge in [-0.1, -0.05) is 32.9 Å². The first-order valence-corrected chi connectivity index (χ1v) is 14.0. The summed E-state index contributed by atoms with van der Waals surface area (Å²) in [5, 5.41) is 23.8. The van der Waals surface area contributed by atoms with Crippen LogP contribution >= 0.6 is 15.9 Å². The summed E-state index contributed by atoms with van der Waals surface area (Å²) in [5.74, 6) is 0. The number of nitrogens with zero attached hydrogens (tertiary/aromatic N) is 3. The lowest BCUT2D eigenvalue weighted by atomic mass is 9.95. The number of nitrogens with one attached hydrogen (secondary N) is 5. The number of anilines is 3. The highest BCUT2D eigenvalue weighted by Crippen LogP contribution is 2.39. The number of fused-ring (bicyclic) bond motifs is 2. The van der Waals surface area contributed by atoms with Crippen LogP contribution in [0.2, 0.25) is 0 Å². The molecule has 0 amide bonds. The second-order valence-electron chi connectivity index (χ2n) is 11.5. The van der Waals surface area contributed by atoms with E-state index in [1.807, 2.05) is 0 Å². The van der Waals surface area contributed by atoms with Gasteiger partial charge in [0.05, 0.1) is 28.5 Å². The zero-order valence-corrected chi connectivity index (χ0v) is 23.5. The van der Waals surface area contributed by atoms with Crippen molar-refractivity contribution in [3.63, 3.8) is 0 Å². The molecule has 5 N–H and O–H groups in total. The van der Waals surface area contributed by atoms with Crippen LogP contribution in [-0.4, -0.2) is 29.1 Å². The summed E-state index contributed by atoms with van der Waals surface area (Å²) < 4.78 is 0.880. The lowest BCUT2D eigenvalue weighted by molar-refractivity contribution is 0.260. The quantitative estimate of drug-likeness (QED) is 0.243. The van der Waals surface area contributed by atoms with Gasteiger partial charge in [0.25, 0.3) is 0 Å². The number of benzene rings is 2.